The Morgan fingerprint density at radius 1 is 1.19 bits per heavy atom. The third-order valence-corrected chi connectivity index (χ3v) is 6.59. The highest BCUT2D eigenvalue weighted by Gasteiger charge is 2.43. The largest absolute Gasteiger partial charge is 0.342 e. The third kappa shape index (κ3) is 3.97. The summed E-state index contributed by atoms with van der Waals surface area (Å²) in [6.45, 7) is 7.38. The average Bonchev–Trinajstić information content (AvgIpc) is 3.46. The minimum absolute atomic E-state index is 0.00267. The molecule has 0 bridgehead atoms. The van der Waals surface area contributed by atoms with Crippen LogP contribution in [0.4, 0.5) is 10.5 Å². The van der Waals surface area contributed by atoms with E-state index in [0.29, 0.717) is 12.3 Å². The molecule has 1 spiro atoms. The summed E-state index contributed by atoms with van der Waals surface area (Å²) in [5, 5.41) is 3.14. The van der Waals surface area contributed by atoms with E-state index in [-0.39, 0.29) is 11.4 Å². The third-order valence-electron chi connectivity index (χ3n) is 6.59. The van der Waals surface area contributed by atoms with Gasteiger partial charge in [-0.25, -0.2) is 4.79 Å². The van der Waals surface area contributed by atoms with Crippen LogP contribution < -0.4 is 5.32 Å². The van der Waals surface area contributed by atoms with Gasteiger partial charge in [-0.1, -0.05) is 18.2 Å². The Balaban J connectivity index is 1.44. The summed E-state index contributed by atoms with van der Waals surface area (Å²) < 4.78 is 0. The lowest BCUT2D eigenvalue weighted by molar-refractivity contribution is -0.139. The molecule has 2 saturated heterocycles. The van der Waals surface area contributed by atoms with E-state index >= 15 is 0 Å². The van der Waals surface area contributed by atoms with Crippen molar-refractivity contribution < 1.29 is 9.59 Å². The summed E-state index contributed by atoms with van der Waals surface area (Å²) in [5.74, 6) is 1.03. The van der Waals surface area contributed by atoms with Crippen molar-refractivity contribution in [3.8, 4) is 0 Å². The Kier molecular flexibility index (Phi) is 4.87. The van der Waals surface area contributed by atoms with Crippen LogP contribution in [0.2, 0.25) is 0 Å². The number of urea groups is 1. The van der Waals surface area contributed by atoms with Gasteiger partial charge in [0.1, 0.15) is 0 Å². The van der Waals surface area contributed by atoms with Crippen molar-refractivity contribution in [2.45, 2.75) is 52.4 Å². The fourth-order valence-corrected chi connectivity index (χ4v) is 4.79. The predicted molar refractivity (Wildman–Crippen MR) is 107 cm³/mol. The fraction of sp³-hybridized carbons (Fsp3) is 0.636. The molecule has 5 nitrogen and oxygen atoms in total. The maximum Gasteiger partial charge on any atom is 0.321 e. The average molecular weight is 370 g/mol. The van der Waals surface area contributed by atoms with Crippen molar-refractivity contribution in [1.29, 1.82) is 0 Å². The topological polar surface area (TPSA) is 52.7 Å². The molecule has 5 heteroatoms. The molecule has 0 radical (unpaired) electrons. The van der Waals surface area contributed by atoms with Crippen molar-refractivity contribution >= 4 is 17.6 Å². The summed E-state index contributed by atoms with van der Waals surface area (Å²) >= 11 is 0. The van der Waals surface area contributed by atoms with Crippen LogP contribution in [0.25, 0.3) is 0 Å². The normalized spacial score (nSPS) is 25.8. The SMILES string of the molecule is Cc1cccc(C)c1NC(=O)N1CCC[C@]2(CCC(=O)N(CC3CC3)C2)C1. The number of amides is 3. The van der Waals surface area contributed by atoms with Gasteiger partial charge in [0, 0.05) is 43.7 Å². The number of anilines is 1. The van der Waals surface area contributed by atoms with Gasteiger partial charge < -0.3 is 15.1 Å². The maximum atomic E-state index is 13.0. The van der Waals surface area contributed by atoms with Gasteiger partial charge in [-0.05, 0) is 63.0 Å². The first-order valence-corrected chi connectivity index (χ1v) is 10.4. The minimum Gasteiger partial charge on any atom is -0.342 e. The fourth-order valence-electron chi connectivity index (χ4n) is 4.79. The van der Waals surface area contributed by atoms with E-state index in [1.807, 2.05) is 36.9 Å². The molecule has 0 unspecified atom stereocenters. The summed E-state index contributed by atoms with van der Waals surface area (Å²) in [6, 6.07) is 6.08. The van der Waals surface area contributed by atoms with Crippen molar-refractivity contribution in [2.24, 2.45) is 11.3 Å². The second-order valence-corrected chi connectivity index (χ2v) is 8.94. The summed E-state index contributed by atoms with van der Waals surface area (Å²) in [5.41, 5.74) is 3.19. The highest BCUT2D eigenvalue weighted by Crippen LogP contribution is 2.40. The number of carbonyl (C=O) groups is 2. The highest BCUT2D eigenvalue weighted by molar-refractivity contribution is 5.91. The van der Waals surface area contributed by atoms with Crippen LogP contribution in [-0.4, -0.2) is 47.9 Å². The Bertz CT molecular complexity index is 723. The molecular formula is C22H31N3O2. The number of aryl methyl sites for hydroxylation is 2. The number of hydrogen-bond acceptors (Lipinski definition) is 2. The van der Waals surface area contributed by atoms with E-state index in [4.69, 9.17) is 0 Å². The number of likely N-dealkylation sites (tertiary alicyclic amines) is 2. The molecule has 3 amide bonds. The van der Waals surface area contributed by atoms with Gasteiger partial charge in [-0.2, -0.15) is 0 Å². The molecule has 3 fully saturated rings. The number of rotatable bonds is 3. The number of para-hydroxylation sites is 1. The molecular weight excluding hydrogens is 338 g/mol. The van der Waals surface area contributed by atoms with Crippen molar-refractivity contribution in [3.63, 3.8) is 0 Å². The van der Waals surface area contributed by atoms with Gasteiger partial charge in [0.25, 0.3) is 0 Å². The summed E-state index contributed by atoms with van der Waals surface area (Å²) in [7, 11) is 0. The quantitative estimate of drug-likeness (QED) is 0.877. The smallest absolute Gasteiger partial charge is 0.321 e. The van der Waals surface area contributed by atoms with E-state index in [9.17, 15) is 9.59 Å². The molecule has 146 valence electrons. The molecule has 1 saturated carbocycles. The number of benzene rings is 1. The molecule has 0 aromatic heterocycles. The maximum absolute atomic E-state index is 13.0. The zero-order chi connectivity index (χ0) is 19.0. The van der Waals surface area contributed by atoms with E-state index in [1.165, 1.54) is 12.8 Å². The van der Waals surface area contributed by atoms with Crippen LogP contribution >= 0.6 is 0 Å². The lowest BCUT2D eigenvalue weighted by atomic mass is 9.73. The lowest BCUT2D eigenvalue weighted by Crippen LogP contribution is -2.56. The summed E-state index contributed by atoms with van der Waals surface area (Å²) in [6.07, 6.45) is 6.22. The standard InChI is InChI=1S/C22H31N3O2/c1-16-5-3-6-17(2)20(16)23-21(27)24-12-4-10-22(14-24)11-9-19(26)25(15-22)13-18-7-8-18/h3,5-6,18H,4,7-15H2,1-2H3,(H,23,27)/t22-/m0/s1. The van der Waals surface area contributed by atoms with E-state index < -0.39 is 0 Å². The van der Waals surface area contributed by atoms with E-state index in [2.05, 4.69) is 10.2 Å². The van der Waals surface area contributed by atoms with Gasteiger partial charge in [0.05, 0.1) is 0 Å². The molecule has 1 atom stereocenters. The molecule has 27 heavy (non-hydrogen) atoms. The van der Waals surface area contributed by atoms with Crippen LogP contribution in [0.1, 0.15) is 49.7 Å². The van der Waals surface area contributed by atoms with Crippen molar-refractivity contribution in [1.82, 2.24) is 9.80 Å². The van der Waals surface area contributed by atoms with Gasteiger partial charge in [-0.15, -0.1) is 0 Å². The van der Waals surface area contributed by atoms with E-state index in [1.54, 1.807) is 0 Å². The zero-order valence-electron chi connectivity index (χ0n) is 16.6. The molecule has 1 aromatic rings. The van der Waals surface area contributed by atoms with Crippen LogP contribution in [0, 0.1) is 25.2 Å². The molecule has 2 heterocycles. The Labute approximate surface area is 162 Å². The number of carbonyl (C=O) groups excluding carboxylic acids is 2. The first kappa shape index (κ1) is 18.3. The number of nitrogens with one attached hydrogen (secondary N) is 1. The lowest BCUT2D eigenvalue weighted by Gasteiger charge is -2.48. The first-order valence-electron chi connectivity index (χ1n) is 10.4. The predicted octanol–water partition coefficient (Wildman–Crippen LogP) is 3.95. The number of nitrogens with zero attached hydrogens (tertiary/aromatic N) is 2. The van der Waals surface area contributed by atoms with Gasteiger partial charge in [0.2, 0.25) is 5.91 Å². The molecule has 1 aliphatic carbocycles. The zero-order valence-corrected chi connectivity index (χ0v) is 16.6. The van der Waals surface area contributed by atoms with E-state index in [0.717, 1.165) is 68.2 Å². The Morgan fingerprint density at radius 2 is 1.93 bits per heavy atom. The van der Waals surface area contributed by atoms with Gasteiger partial charge in [0.15, 0.2) is 0 Å². The van der Waals surface area contributed by atoms with Crippen molar-refractivity contribution in [2.75, 3.05) is 31.5 Å². The molecule has 1 aromatic carbocycles. The Hall–Kier alpha value is -2.04. The first-order chi connectivity index (χ1) is 13.0. The van der Waals surface area contributed by atoms with Gasteiger partial charge in [-0.3, -0.25) is 4.79 Å². The van der Waals surface area contributed by atoms with Crippen LogP contribution in [0.5, 0.6) is 0 Å². The van der Waals surface area contributed by atoms with Crippen molar-refractivity contribution in [3.05, 3.63) is 29.3 Å². The molecule has 3 aliphatic rings. The summed E-state index contributed by atoms with van der Waals surface area (Å²) in [4.78, 5) is 29.4. The minimum atomic E-state index is -0.00267. The highest BCUT2D eigenvalue weighted by atomic mass is 16.2. The monoisotopic (exact) mass is 369 g/mol. The van der Waals surface area contributed by atoms with Crippen LogP contribution in [0.15, 0.2) is 18.2 Å². The Morgan fingerprint density at radius 3 is 2.63 bits per heavy atom. The van der Waals surface area contributed by atoms with Crippen LogP contribution in [0.3, 0.4) is 0 Å². The molecule has 1 N–H and O–H groups in total. The second-order valence-electron chi connectivity index (χ2n) is 8.94. The molecule has 4 rings (SSSR count). The molecule has 2 aliphatic heterocycles. The van der Waals surface area contributed by atoms with Gasteiger partial charge >= 0.3 is 6.03 Å². The number of piperidine rings is 2. The second kappa shape index (κ2) is 7.17. The van der Waals surface area contributed by atoms with Crippen LogP contribution in [-0.2, 0) is 4.79 Å². The number of hydrogen-bond donors (Lipinski definition) is 1.